The highest BCUT2D eigenvalue weighted by atomic mass is 16.5. The zero-order valence-corrected chi connectivity index (χ0v) is 14.5. The molecule has 0 radical (unpaired) electrons. The molecule has 7 heteroatoms. The van der Waals surface area contributed by atoms with Gasteiger partial charge in [-0.05, 0) is 44.2 Å². The van der Waals surface area contributed by atoms with Crippen LogP contribution in [-0.2, 0) is 6.61 Å². The Balaban J connectivity index is 1.87. The summed E-state index contributed by atoms with van der Waals surface area (Å²) >= 11 is 0. The highest BCUT2D eigenvalue weighted by Crippen LogP contribution is 2.29. The zero-order valence-electron chi connectivity index (χ0n) is 14.5. The molecule has 0 saturated carbocycles. The molecule has 0 saturated heterocycles. The van der Waals surface area contributed by atoms with Crippen LogP contribution in [0.2, 0.25) is 0 Å². The molecule has 1 atom stereocenters. The number of carbonyl (C=O) groups is 1. The quantitative estimate of drug-likeness (QED) is 0.627. The number of nitrogens with one attached hydrogen (secondary N) is 2. The lowest BCUT2D eigenvalue weighted by Gasteiger charge is -2.10. The molecule has 0 bridgehead atoms. The Morgan fingerprint density at radius 2 is 2.19 bits per heavy atom. The average molecular weight is 356 g/mol. The summed E-state index contributed by atoms with van der Waals surface area (Å²) < 4.78 is 11.3. The summed E-state index contributed by atoms with van der Waals surface area (Å²) in [6.45, 7) is 3.38. The molecule has 2 heterocycles. The van der Waals surface area contributed by atoms with Gasteiger partial charge in [0.25, 0.3) is 11.5 Å². The lowest BCUT2D eigenvalue weighted by molar-refractivity contribution is 0.0922. The van der Waals surface area contributed by atoms with Gasteiger partial charge in [0.1, 0.15) is 23.7 Å². The highest BCUT2D eigenvalue weighted by Gasteiger charge is 2.20. The molecule has 7 nitrogen and oxygen atoms in total. The molecule has 0 spiro atoms. The molecule has 26 heavy (non-hydrogen) atoms. The molecular formula is C19H20N2O5. The van der Waals surface area contributed by atoms with Crippen molar-refractivity contribution in [3.63, 3.8) is 0 Å². The third-order valence-corrected chi connectivity index (χ3v) is 4.01. The maximum Gasteiger partial charge on any atom is 0.255 e. The van der Waals surface area contributed by atoms with Crippen LogP contribution in [0.25, 0.3) is 11.0 Å². The third kappa shape index (κ3) is 3.62. The van der Waals surface area contributed by atoms with E-state index in [1.807, 2.05) is 0 Å². The van der Waals surface area contributed by atoms with Crippen molar-refractivity contribution in [2.24, 2.45) is 0 Å². The van der Waals surface area contributed by atoms with Crippen LogP contribution in [0, 0.1) is 6.92 Å². The number of aliphatic hydroxyl groups excluding tert-OH is 1. The molecule has 3 aromatic rings. The van der Waals surface area contributed by atoms with Gasteiger partial charge < -0.3 is 24.6 Å². The van der Waals surface area contributed by atoms with E-state index in [4.69, 9.17) is 14.3 Å². The number of aliphatic hydroxyl groups is 1. The first-order valence-corrected chi connectivity index (χ1v) is 8.24. The second-order valence-corrected chi connectivity index (χ2v) is 6.06. The molecule has 2 aromatic heterocycles. The largest absolute Gasteiger partial charge is 0.489 e. The Morgan fingerprint density at radius 3 is 2.92 bits per heavy atom. The Bertz CT molecular complexity index is 989. The number of ether oxygens (including phenoxy) is 1. The summed E-state index contributed by atoms with van der Waals surface area (Å²) in [5.41, 5.74) is 1.27. The fraction of sp³-hybridized carbons (Fsp3) is 0.263. The SMILES string of the molecule is Cc1oc2ccc(OCc3ccc[nH]c3=O)cc2c1C(=O)NC(C)CO. The average Bonchev–Trinajstić information content (AvgIpc) is 2.96. The summed E-state index contributed by atoms with van der Waals surface area (Å²) in [5.74, 6) is 0.685. The number of furan rings is 1. The van der Waals surface area contributed by atoms with Crippen LogP contribution in [0.5, 0.6) is 5.75 Å². The van der Waals surface area contributed by atoms with Crippen LogP contribution >= 0.6 is 0 Å². The lowest BCUT2D eigenvalue weighted by atomic mass is 10.1. The van der Waals surface area contributed by atoms with E-state index in [9.17, 15) is 9.59 Å². The Kier molecular flexibility index (Phi) is 5.09. The van der Waals surface area contributed by atoms with E-state index in [2.05, 4.69) is 10.3 Å². The number of carbonyl (C=O) groups excluding carboxylic acids is 1. The minimum atomic E-state index is -0.365. The number of aromatic nitrogens is 1. The van der Waals surface area contributed by atoms with Crippen molar-refractivity contribution in [3.8, 4) is 5.75 Å². The fourth-order valence-corrected chi connectivity index (χ4v) is 2.64. The van der Waals surface area contributed by atoms with E-state index in [1.54, 1.807) is 50.4 Å². The van der Waals surface area contributed by atoms with Crippen molar-refractivity contribution >= 4 is 16.9 Å². The zero-order chi connectivity index (χ0) is 18.7. The van der Waals surface area contributed by atoms with Crippen molar-refractivity contribution in [1.82, 2.24) is 10.3 Å². The number of pyridine rings is 1. The minimum Gasteiger partial charge on any atom is -0.489 e. The van der Waals surface area contributed by atoms with Gasteiger partial charge in [-0.15, -0.1) is 0 Å². The smallest absolute Gasteiger partial charge is 0.255 e. The molecule has 1 aromatic carbocycles. The molecule has 1 unspecified atom stereocenters. The van der Waals surface area contributed by atoms with Crippen LogP contribution < -0.4 is 15.6 Å². The van der Waals surface area contributed by atoms with E-state index in [0.717, 1.165) is 0 Å². The maximum atomic E-state index is 12.5. The van der Waals surface area contributed by atoms with Crippen molar-refractivity contribution < 1.29 is 19.1 Å². The van der Waals surface area contributed by atoms with E-state index in [0.29, 0.717) is 33.6 Å². The molecule has 136 valence electrons. The molecule has 1 amide bonds. The predicted molar refractivity (Wildman–Crippen MR) is 96.4 cm³/mol. The van der Waals surface area contributed by atoms with Gasteiger partial charge in [-0.1, -0.05) is 0 Å². The number of rotatable bonds is 6. The second kappa shape index (κ2) is 7.45. The van der Waals surface area contributed by atoms with Crippen LogP contribution in [0.15, 0.2) is 45.7 Å². The van der Waals surface area contributed by atoms with Crippen molar-refractivity contribution in [2.45, 2.75) is 26.5 Å². The fourth-order valence-electron chi connectivity index (χ4n) is 2.64. The summed E-state index contributed by atoms with van der Waals surface area (Å²) in [4.78, 5) is 26.8. The topological polar surface area (TPSA) is 105 Å². The maximum absolute atomic E-state index is 12.5. The molecule has 0 aliphatic carbocycles. The van der Waals surface area contributed by atoms with Crippen molar-refractivity contribution in [2.75, 3.05) is 6.61 Å². The Labute approximate surface area is 149 Å². The Hall–Kier alpha value is -3.06. The van der Waals surface area contributed by atoms with Gasteiger partial charge >= 0.3 is 0 Å². The number of benzene rings is 1. The summed E-state index contributed by atoms with van der Waals surface area (Å²) in [6, 6.07) is 8.21. The normalized spacial score (nSPS) is 12.1. The van der Waals surface area contributed by atoms with E-state index in [1.165, 1.54) is 0 Å². The van der Waals surface area contributed by atoms with Gasteiger partial charge in [0, 0.05) is 17.6 Å². The number of fused-ring (bicyclic) bond motifs is 1. The number of hydrogen-bond donors (Lipinski definition) is 3. The van der Waals surface area contributed by atoms with Crippen molar-refractivity contribution in [1.29, 1.82) is 0 Å². The molecule has 0 aliphatic heterocycles. The molecule has 0 fully saturated rings. The first kappa shape index (κ1) is 17.8. The monoisotopic (exact) mass is 356 g/mol. The van der Waals surface area contributed by atoms with E-state index >= 15 is 0 Å². The first-order chi connectivity index (χ1) is 12.5. The summed E-state index contributed by atoms with van der Waals surface area (Å²) in [5, 5.41) is 12.5. The van der Waals surface area contributed by atoms with Gasteiger partial charge in [-0.3, -0.25) is 9.59 Å². The van der Waals surface area contributed by atoms with Gasteiger partial charge in [0.2, 0.25) is 0 Å². The third-order valence-electron chi connectivity index (χ3n) is 4.01. The number of aryl methyl sites for hydroxylation is 1. The van der Waals surface area contributed by atoms with Crippen LogP contribution in [0.1, 0.15) is 28.6 Å². The first-order valence-electron chi connectivity index (χ1n) is 8.24. The number of amides is 1. The highest BCUT2D eigenvalue weighted by molar-refractivity contribution is 6.07. The number of aromatic amines is 1. The molecule has 0 aliphatic rings. The standard InChI is InChI=1S/C19H20N2O5/c1-11(9-22)21-19(24)17-12(2)26-16-6-5-14(8-15(16)17)25-10-13-4-3-7-20-18(13)23/h3-8,11,22H,9-10H2,1-2H3,(H,20,23)(H,21,24). The lowest BCUT2D eigenvalue weighted by Crippen LogP contribution is -2.35. The van der Waals surface area contributed by atoms with Crippen LogP contribution in [-0.4, -0.2) is 28.6 Å². The molecule has 3 N–H and O–H groups in total. The van der Waals surface area contributed by atoms with Gasteiger partial charge in [-0.2, -0.15) is 0 Å². The Morgan fingerprint density at radius 1 is 1.38 bits per heavy atom. The summed E-state index contributed by atoms with van der Waals surface area (Å²) in [7, 11) is 0. The van der Waals surface area contributed by atoms with E-state index < -0.39 is 0 Å². The minimum absolute atomic E-state index is 0.113. The van der Waals surface area contributed by atoms with Gasteiger partial charge in [0.05, 0.1) is 17.7 Å². The number of H-pyrrole nitrogens is 1. The predicted octanol–water partition coefficient (Wildman–Crippen LogP) is 2.12. The summed E-state index contributed by atoms with van der Waals surface area (Å²) in [6.07, 6.45) is 1.56. The molecular weight excluding hydrogens is 336 g/mol. The van der Waals surface area contributed by atoms with Crippen LogP contribution in [0.3, 0.4) is 0 Å². The van der Waals surface area contributed by atoms with Gasteiger partial charge in [-0.25, -0.2) is 0 Å². The van der Waals surface area contributed by atoms with E-state index in [-0.39, 0.29) is 30.7 Å². The second-order valence-electron chi connectivity index (χ2n) is 6.06. The molecule has 3 rings (SSSR count). The number of hydrogen-bond acceptors (Lipinski definition) is 5. The van der Waals surface area contributed by atoms with Gasteiger partial charge in [0.15, 0.2) is 0 Å². The van der Waals surface area contributed by atoms with Crippen molar-refractivity contribution in [3.05, 3.63) is 63.8 Å². The van der Waals surface area contributed by atoms with Crippen LogP contribution in [0.4, 0.5) is 0 Å².